The van der Waals surface area contributed by atoms with E-state index < -0.39 is 0 Å². The third kappa shape index (κ3) is 5.35. The van der Waals surface area contributed by atoms with E-state index in [0.717, 1.165) is 11.1 Å². The van der Waals surface area contributed by atoms with Gasteiger partial charge in [0, 0.05) is 18.5 Å². The van der Waals surface area contributed by atoms with Crippen LogP contribution < -0.4 is 10.5 Å². The van der Waals surface area contributed by atoms with Gasteiger partial charge in [-0.3, -0.25) is 15.0 Å². The molecule has 1 amide bonds. The van der Waals surface area contributed by atoms with Gasteiger partial charge >= 0.3 is 5.97 Å². The van der Waals surface area contributed by atoms with E-state index in [1.165, 1.54) is 14.0 Å². The number of nitrogen functional groups attached to an aromatic ring is 1. The molecule has 8 heteroatoms. The van der Waals surface area contributed by atoms with Gasteiger partial charge in [-0.1, -0.05) is 36.4 Å². The first kappa shape index (κ1) is 24.2. The van der Waals surface area contributed by atoms with Gasteiger partial charge in [0.05, 0.1) is 19.1 Å². The van der Waals surface area contributed by atoms with Crippen LogP contribution in [0.25, 0.3) is 11.1 Å². The highest BCUT2D eigenvalue weighted by atomic mass is 35.5. The Morgan fingerprint density at radius 1 is 1.10 bits per heavy atom. The Kier molecular flexibility index (Phi) is 8.05. The summed E-state index contributed by atoms with van der Waals surface area (Å²) in [6, 6.07) is 14.7. The number of nitrogens with two attached hydrogens (primary N) is 1. The second-order valence-corrected chi connectivity index (χ2v) is 7.51. The maximum atomic E-state index is 12.1. The van der Waals surface area contributed by atoms with Crippen LogP contribution in [0.1, 0.15) is 25.8 Å². The molecule has 1 heterocycles. The van der Waals surface area contributed by atoms with Crippen LogP contribution in [-0.4, -0.2) is 48.4 Å². The van der Waals surface area contributed by atoms with E-state index in [1.807, 2.05) is 55.5 Å². The third-order valence-electron chi connectivity index (χ3n) is 5.63. The summed E-state index contributed by atoms with van der Waals surface area (Å²) in [6.07, 6.45) is 0.522. The van der Waals surface area contributed by atoms with Crippen molar-refractivity contribution < 1.29 is 19.1 Å². The highest BCUT2D eigenvalue weighted by Crippen LogP contribution is 2.31. The molecule has 0 spiro atoms. The standard InChI is InChI=1S/C23H27N3O4.ClH/c1-14-21(23(28)29-3)12-19(26(14)15(2)27)13-30-20-10-8-17(9-11-20)16-4-6-18(7-5-16)22(24)25;/h4-11,14,19,21H,12-13H2,1-3H3,(H3,24,25);1H/t14?,19-,21-;/m0./s1. The third-order valence-corrected chi connectivity index (χ3v) is 5.63. The summed E-state index contributed by atoms with van der Waals surface area (Å²) in [6.45, 7) is 3.69. The number of hydrogen-bond donors (Lipinski definition) is 2. The van der Waals surface area contributed by atoms with E-state index >= 15 is 0 Å². The van der Waals surface area contributed by atoms with Gasteiger partial charge in [0.15, 0.2) is 0 Å². The topological polar surface area (TPSA) is 106 Å². The van der Waals surface area contributed by atoms with Crippen LogP contribution in [0.2, 0.25) is 0 Å². The number of esters is 1. The highest BCUT2D eigenvalue weighted by molar-refractivity contribution is 5.95. The largest absolute Gasteiger partial charge is 0.491 e. The number of likely N-dealkylation sites (tertiary alicyclic amines) is 1. The van der Waals surface area contributed by atoms with Crippen LogP contribution in [0.4, 0.5) is 0 Å². The SMILES string of the molecule is COC(=O)[C@H]1C[C@@H](COc2ccc(-c3ccc(C(=N)N)cc3)cc2)N(C(C)=O)C1C.Cl. The molecule has 0 saturated carbocycles. The molecule has 7 nitrogen and oxygen atoms in total. The zero-order chi connectivity index (χ0) is 21.8. The molecule has 3 rings (SSSR count). The number of nitrogens with one attached hydrogen (secondary N) is 1. The van der Waals surface area contributed by atoms with Gasteiger partial charge < -0.3 is 20.1 Å². The lowest BCUT2D eigenvalue weighted by molar-refractivity contribution is -0.146. The van der Waals surface area contributed by atoms with Gasteiger partial charge in [-0.05, 0) is 36.6 Å². The van der Waals surface area contributed by atoms with Gasteiger partial charge in [-0.2, -0.15) is 0 Å². The fourth-order valence-corrected chi connectivity index (χ4v) is 4.05. The minimum absolute atomic E-state index is 0. The van der Waals surface area contributed by atoms with Crippen molar-refractivity contribution in [3.8, 4) is 16.9 Å². The molecule has 1 aliphatic heterocycles. The van der Waals surface area contributed by atoms with Crippen molar-refractivity contribution in [2.45, 2.75) is 32.4 Å². The average Bonchev–Trinajstić information content (AvgIpc) is 3.08. The Balaban J connectivity index is 0.00000341. The van der Waals surface area contributed by atoms with E-state index in [0.29, 0.717) is 24.3 Å². The molecule has 1 aliphatic rings. The number of rotatable bonds is 6. The summed E-state index contributed by atoms with van der Waals surface area (Å²) in [5.41, 5.74) is 8.21. The van der Waals surface area contributed by atoms with Crippen molar-refractivity contribution in [3.63, 3.8) is 0 Å². The molecule has 1 unspecified atom stereocenters. The monoisotopic (exact) mass is 445 g/mol. The number of amides is 1. The summed E-state index contributed by atoms with van der Waals surface area (Å²) in [5.74, 6) is 0.0217. The molecule has 3 N–H and O–H groups in total. The number of halogens is 1. The lowest BCUT2D eigenvalue weighted by atomic mass is 10.0. The molecular weight excluding hydrogens is 418 g/mol. The first-order valence-electron chi connectivity index (χ1n) is 9.86. The van der Waals surface area contributed by atoms with Crippen LogP contribution in [0.15, 0.2) is 48.5 Å². The number of ether oxygens (including phenoxy) is 2. The second-order valence-electron chi connectivity index (χ2n) is 7.51. The molecule has 0 bridgehead atoms. The smallest absolute Gasteiger partial charge is 0.310 e. The summed E-state index contributed by atoms with van der Waals surface area (Å²) >= 11 is 0. The minimum atomic E-state index is -0.340. The molecule has 0 aliphatic carbocycles. The molecular formula is C23H28ClN3O4. The van der Waals surface area contributed by atoms with Gasteiger partial charge in [0.1, 0.15) is 18.2 Å². The number of carbonyl (C=O) groups is 2. The Hall–Kier alpha value is -3.06. The first-order valence-corrected chi connectivity index (χ1v) is 9.86. The number of amidine groups is 1. The molecule has 166 valence electrons. The quantitative estimate of drug-likeness (QED) is 0.403. The summed E-state index contributed by atoms with van der Waals surface area (Å²) < 4.78 is 10.8. The van der Waals surface area contributed by atoms with Crippen LogP contribution in [0, 0.1) is 11.3 Å². The number of nitrogens with zero attached hydrogens (tertiary/aromatic N) is 1. The Bertz CT molecular complexity index is 931. The van der Waals surface area contributed by atoms with E-state index in [-0.39, 0.29) is 48.1 Å². The van der Waals surface area contributed by atoms with Gasteiger partial charge in [-0.15, -0.1) is 12.4 Å². The Morgan fingerprint density at radius 3 is 2.13 bits per heavy atom. The second kappa shape index (κ2) is 10.3. The zero-order valence-electron chi connectivity index (χ0n) is 17.8. The van der Waals surface area contributed by atoms with Crippen LogP contribution in [0.5, 0.6) is 5.75 Å². The van der Waals surface area contributed by atoms with Gasteiger partial charge in [-0.25, -0.2) is 0 Å². The lowest BCUT2D eigenvalue weighted by Gasteiger charge is -2.27. The highest BCUT2D eigenvalue weighted by Gasteiger charge is 2.44. The molecule has 31 heavy (non-hydrogen) atoms. The Labute approximate surface area is 188 Å². The van der Waals surface area contributed by atoms with E-state index in [4.69, 9.17) is 20.6 Å². The average molecular weight is 446 g/mol. The molecule has 1 fully saturated rings. The van der Waals surface area contributed by atoms with E-state index in [2.05, 4.69) is 0 Å². The molecule has 2 aromatic carbocycles. The van der Waals surface area contributed by atoms with Crippen molar-refractivity contribution in [3.05, 3.63) is 54.1 Å². The van der Waals surface area contributed by atoms with Crippen LogP contribution in [-0.2, 0) is 14.3 Å². The van der Waals surface area contributed by atoms with Crippen LogP contribution >= 0.6 is 12.4 Å². The van der Waals surface area contributed by atoms with E-state index in [9.17, 15) is 9.59 Å². The van der Waals surface area contributed by atoms with Crippen molar-refractivity contribution in [2.75, 3.05) is 13.7 Å². The molecule has 0 radical (unpaired) electrons. The predicted octanol–water partition coefficient (Wildman–Crippen LogP) is 3.24. The maximum absolute atomic E-state index is 12.1. The van der Waals surface area contributed by atoms with Crippen molar-refractivity contribution in [1.29, 1.82) is 5.41 Å². The number of methoxy groups -OCH3 is 1. The fraction of sp³-hybridized carbons (Fsp3) is 0.348. The predicted molar refractivity (Wildman–Crippen MR) is 122 cm³/mol. The zero-order valence-corrected chi connectivity index (χ0v) is 18.6. The number of hydrogen-bond acceptors (Lipinski definition) is 5. The van der Waals surface area contributed by atoms with Crippen LogP contribution in [0.3, 0.4) is 0 Å². The number of carbonyl (C=O) groups excluding carboxylic acids is 2. The van der Waals surface area contributed by atoms with Gasteiger partial charge in [0.25, 0.3) is 0 Å². The summed E-state index contributed by atoms with van der Waals surface area (Å²) in [4.78, 5) is 25.8. The first-order chi connectivity index (χ1) is 14.3. The summed E-state index contributed by atoms with van der Waals surface area (Å²) in [5, 5.41) is 7.47. The molecule has 2 aromatic rings. The number of benzene rings is 2. The Morgan fingerprint density at radius 2 is 1.65 bits per heavy atom. The maximum Gasteiger partial charge on any atom is 0.310 e. The minimum Gasteiger partial charge on any atom is -0.491 e. The fourth-order valence-electron chi connectivity index (χ4n) is 4.05. The molecule has 0 aromatic heterocycles. The van der Waals surface area contributed by atoms with Crippen molar-refractivity contribution >= 4 is 30.1 Å². The lowest BCUT2D eigenvalue weighted by Crippen LogP contribution is -2.42. The van der Waals surface area contributed by atoms with E-state index in [1.54, 1.807) is 4.90 Å². The molecule has 3 atom stereocenters. The van der Waals surface area contributed by atoms with Crippen molar-refractivity contribution in [2.24, 2.45) is 11.7 Å². The summed E-state index contributed by atoms with van der Waals surface area (Å²) in [7, 11) is 1.37. The normalized spacial score (nSPS) is 20.0. The molecule has 1 saturated heterocycles. The van der Waals surface area contributed by atoms with Crippen molar-refractivity contribution in [1.82, 2.24) is 4.90 Å². The van der Waals surface area contributed by atoms with Gasteiger partial charge in [0.2, 0.25) is 5.91 Å².